The van der Waals surface area contributed by atoms with Crippen molar-refractivity contribution in [1.82, 2.24) is 14.5 Å². The third-order valence-corrected chi connectivity index (χ3v) is 13.0. The second kappa shape index (κ2) is 18.7. The van der Waals surface area contributed by atoms with Crippen LogP contribution < -0.4 is 9.80 Å². The standard InChI is InChI=1S/C65H44N6/c66-45-46-17-16-20-51(41-46)65-67-61(49-18-6-1-7-19-49)44-62(68-65)50-31-29-47(30-32-50)48-33-35-56(36-34-48)71-63-39-37-57(69(52-21-8-2-9-22-52)53-23-10-3-11-24-53)42-59(63)60-43-58(38-40-64(60)71)70(54-25-12-4-13-26-54)55-27-14-5-15-28-55/h1-44H. The van der Waals surface area contributed by atoms with Crippen LogP contribution in [0.25, 0.3) is 72.5 Å². The molecule has 0 saturated carbocycles. The van der Waals surface area contributed by atoms with Crippen LogP contribution in [0.1, 0.15) is 5.56 Å². The Labute approximate surface area is 412 Å². The molecule has 12 aromatic rings. The van der Waals surface area contributed by atoms with Gasteiger partial charge in [-0.2, -0.15) is 5.26 Å². The Morgan fingerprint density at radius 1 is 0.324 bits per heavy atom. The lowest BCUT2D eigenvalue weighted by molar-refractivity contribution is 1.18. The number of rotatable bonds is 11. The molecule has 0 atom stereocenters. The van der Waals surface area contributed by atoms with Crippen LogP contribution in [-0.2, 0) is 0 Å². The van der Waals surface area contributed by atoms with Crippen molar-refractivity contribution in [3.8, 4) is 56.8 Å². The molecule has 0 bridgehead atoms. The maximum Gasteiger partial charge on any atom is 0.160 e. The molecule has 0 radical (unpaired) electrons. The average molecular weight is 909 g/mol. The van der Waals surface area contributed by atoms with Gasteiger partial charge in [0.05, 0.1) is 34.1 Å². The highest BCUT2D eigenvalue weighted by atomic mass is 15.1. The molecule has 2 heterocycles. The van der Waals surface area contributed by atoms with Gasteiger partial charge in [0.1, 0.15) is 0 Å². The van der Waals surface area contributed by atoms with Gasteiger partial charge in [-0.15, -0.1) is 0 Å². The summed E-state index contributed by atoms with van der Waals surface area (Å²) in [5.74, 6) is 0.574. The van der Waals surface area contributed by atoms with Crippen LogP contribution in [0.5, 0.6) is 0 Å². The highest BCUT2D eigenvalue weighted by molar-refractivity contribution is 6.12. The molecule has 0 aliphatic heterocycles. The minimum atomic E-state index is 0.567. The third kappa shape index (κ3) is 8.35. The minimum absolute atomic E-state index is 0.567. The molecular formula is C65H44N6. The predicted octanol–water partition coefficient (Wildman–Crippen LogP) is 17.1. The number of hydrogen-bond acceptors (Lipinski definition) is 5. The number of nitrogens with zero attached hydrogens (tertiary/aromatic N) is 6. The maximum atomic E-state index is 9.63. The number of fused-ring (bicyclic) bond motifs is 3. The molecule has 10 aromatic carbocycles. The van der Waals surface area contributed by atoms with Gasteiger partial charge in [-0.3, -0.25) is 0 Å². The van der Waals surface area contributed by atoms with E-state index in [1.54, 1.807) is 6.07 Å². The highest BCUT2D eigenvalue weighted by Crippen LogP contribution is 2.43. The number of anilines is 6. The fourth-order valence-corrected chi connectivity index (χ4v) is 9.60. The fourth-order valence-electron chi connectivity index (χ4n) is 9.60. The second-order valence-electron chi connectivity index (χ2n) is 17.4. The van der Waals surface area contributed by atoms with Crippen molar-refractivity contribution < 1.29 is 0 Å². The van der Waals surface area contributed by atoms with Gasteiger partial charge in [-0.1, -0.05) is 152 Å². The lowest BCUT2D eigenvalue weighted by Crippen LogP contribution is -2.09. The van der Waals surface area contributed by atoms with Crippen molar-refractivity contribution in [2.24, 2.45) is 0 Å². The van der Waals surface area contributed by atoms with Crippen molar-refractivity contribution in [2.75, 3.05) is 9.80 Å². The van der Waals surface area contributed by atoms with E-state index < -0.39 is 0 Å². The number of aromatic nitrogens is 3. The molecule has 12 rings (SSSR count). The van der Waals surface area contributed by atoms with E-state index in [4.69, 9.17) is 9.97 Å². The normalized spacial score (nSPS) is 11.1. The molecule has 0 aliphatic rings. The highest BCUT2D eigenvalue weighted by Gasteiger charge is 2.20. The molecule has 71 heavy (non-hydrogen) atoms. The van der Waals surface area contributed by atoms with Gasteiger partial charge in [0.25, 0.3) is 0 Å². The zero-order chi connectivity index (χ0) is 47.5. The number of para-hydroxylation sites is 4. The maximum absolute atomic E-state index is 9.63. The molecule has 0 amide bonds. The molecule has 334 valence electrons. The van der Waals surface area contributed by atoms with Crippen molar-refractivity contribution in [1.29, 1.82) is 5.26 Å². The third-order valence-electron chi connectivity index (χ3n) is 13.0. The van der Waals surface area contributed by atoms with E-state index in [2.05, 4.69) is 239 Å². The summed E-state index contributed by atoms with van der Waals surface area (Å²) in [7, 11) is 0. The van der Waals surface area contributed by atoms with Crippen LogP contribution in [0.15, 0.2) is 267 Å². The smallest absolute Gasteiger partial charge is 0.160 e. The van der Waals surface area contributed by atoms with E-state index in [9.17, 15) is 5.26 Å². The summed E-state index contributed by atoms with van der Waals surface area (Å²) in [4.78, 5) is 14.6. The lowest BCUT2D eigenvalue weighted by atomic mass is 10.0. The zero-order valence-electron chi connectivity index (χ0n) is 38.6. The first-order valence-corrected chi connectivity index (χ1v) is 23.7. The Morgan fingerprint density at radius 3 is 1.17 bits per heavy atom. The average Bonchev–Trinajstić information content (AvgIpc) is 3.77. The second-order valence-corrected chi connectivity index (χ2v) is 17.4. The number of hydrogen-bond donors (Lipinski definition) is 0. The van der Waals surface area contributed by atoms with Gasteiger partial charge in [-0.05, 0) is 126 Å². The monoisotopic (exact) mass is 908 g/mol. The van der Waals surface area contributed by atoms with Gasteiger partial charge in [0, 0.05) is 67.3 Å². The molecule has 0 aliphatic carbocycles. The van der Waals surface area contributed by atoms with Crippen molar-refractivity contribution in [3.05, 3.63) is 272 Å². The van der Waals surface area contributed by atoms with Crippen LogP contribution in [0.3, 0.4) is 0 Å². The summed E-state index contributed by atoms with van der Waals surface area (Å²) in [6.45, 7) is 0. The van der Waals surface area contributed by atoms with E-state index in [0.29, 0.717) is 11.4 Å². The molecule has 6 heteroatoms. The first-order chi connectivity index (χ1) is 35.1. The van der Waals surface area contributed by atoms with Gasteiger partial charge in [0.2, 0.25) is 0 Å². The summed E-state index contributed by atoms with van der Waals surface area (Å²) >= 11 is 0. The Bertz CT molecular complexity index is 3630. The van der Waals surface area contributed by atoms with E-state index in [-0.39, 0.29) is 0 Å². The molecule has 0 saturated heterocycles. The molecule has 2 aromatic heterocycles. The van der Waals surface area contributed by atoms with Crippen molar-refractivity contribution in [2.45, 2.75) is 0 Å². The SMILES string of the molecule is N#Cc1cccc(-c2nc(-c3ccccc3)cc(-c3ccc(-c4ccc(-n5c6ccc(N(c7ccccc7)c7ccccc7)cc6c6cc(N(c7ccccc7)c7ccccc7)ccc65)cc4)cc3)n2)c1. The van der Waals surface area contributed by atoms with Gasteiger partial charge < -0.3 is 14.4 Å². The first-order valence-electron chi connectivity index (χ1n) is 23.7. The van der Waals surface area contributed by atoms with E-state index >= 15 is 0 Å². The Hall–Kier alpha value is -9.83. The van der Waals surface area contributed by atoms with Crippen LogP contribution in [0.2, 0.25) is 0 Å². The summed E-state index contributed by atoms with van der Waals surface area (Å²) in [5.41, 5.74) is 17.0. The summed E-state index contributed by atoms with van der Waals surface area (Å²) in [6, 6.07) is 95.3. The van der Waals surface area contributed by atoms with E-state index in [1.165, 1.54) is 0 Å². The van der Waals surface area contributed by atoms with Crippen molar-refractivity contribution in [3.63, 3.8) is 0 Å². The molecular weight excluding hydrogens is 865 g/mol. The largest absolute Gasteiger partial charge is 0.310 e. The molecule has 0 unspecified atom stereocenters. The predicted molar refractivity (Wildman–Crippen MR) is 292 cm³/mol. The first kappa shape index (κ1) is 42.5. The van der Waals surface area contributed by atoms with Gasteiger partial charge in [-0.25, -0.2) is 9.97 Å². The van der Waals surface area contributed by atoms with E-state index in [0.717, 1.165) is 101 Å². The van der Waals surface area contributed by atoms with Gasteiger partial charge >= 0.3 is 0 Å². The van der Waals surface area contributed by atoms with Crippen LogP contribution in [-0.4, -0.2) is 14.5 Å². The summed E-state index contributed by atoms with van der Waals surface area (Å²) in [5, 5.41) is 11.9. The summed E-state index contributed by atoms with van der Waals surface area (Å²) in [6.07, 6.45) is 0. The molecule has 0 fully saturated rings. The minimum Gasteiger partial charge on any atom is -0.310 e. The molecule has 0 spiro atoms. The lowest BCUT2D eigenvalue weighted by Gasteiger charge is -2.26. The summed E-state index contributed by atoms with van der Waals surface area (Å²) < 4.78 is 2.39. The van der Waals surface area contributed by atoms with E-state index in [1.807, 2.05) is 42.5 Å². The molecule has 0 N–H and O–H groups in total. The Morgan fingerprint density at radius 2 is 0.718 bits per heavy atom. The number of nitriles is 1. The quantitative estimate of drug-likeness (QED) is 0.129. The number of benzene rings is 10. The molecule has 6 nitrogen and oxygen atoms in total. The van der Waals surface area contributed by atoms with Crippen LogP contribution in [0.4, 0.5) is 34.1 Å². The van der Waals surface area contributed by atoms with Crippen molar-refractivity contribution >= 4 is 55.9 Å². The van der Waals surface area contributed by atoms with Gasteiger partial charge in [0.15, 0.2) is 5.82 Å². The van der Waals surface area contributed by atoms with Crippen LogP contribution >= 0.6 is 0 Å². The fraction of sp³-hybridized carbons (Fsp3) is 0. The Kier molecular flexibility index (Phi) is 11.2. The Balaban J connectivity index is 0.949. The zero-order valence-corrected chi connectivity index (χ0v) is 38.6. The topological polar surface area (TPSA) is 61.0 Å². The van der Waals surface area contributed by atoms with Crippen LogP contribution in [0, 0.1) is 11.3 Å².